The number of carbonyl (C=O) groups excluding carboxylic acids is 5. The van der Waals surface area contributed by atoms with Crippen LogP contribution in [0.15, 0.2) is 54.6 Å². The molecule has 2 aromatic rings. The van der Waals surface area contributed by atoms with Crippen molar-refractivity contribution in [2.45, 2.75) is 76.2 Å². The molecule has 13 nitrogen and oxygen atoms in total. The van der Waals surface area contributed by atoms with E-state index in [1.807, 2.05) is 20.8 Å². The second kappa shape index (κ2) is 15.2. The number of anilines is 1. The first-order chi connectivity index (χ1) is 20.7. The predicted molar refractivity (Wildman–Crippen MR) is 163 cm³/mol. The number of primary amides is 1. The van der Waals surface area contributed by atoms with Crippen molar-refractivity contribution in [1.82, 2.24) is 20.9 Å². The van der Waals surface area contributed by atoms with Crippen LogP contribution in [0, 0.1) is 0 Å². The van der Waals surface area contributed by atoms with Crippen LogP contribution >= 0.6 is 0 Å². The largest absolute Gasteiger partial charge is 0.482 e. The number of likely N-dealkylation sites (tertiary alicyclic amines) is 1. The van der Waals surface area contributed by atoms with Gasteiger partial charge in [0.25, 0.3) is 11.8 Å². The topological polar surface area (TPSA) is 206 Å². The molecule has 0 saturated carbocycles. The minimum Gasteiger partial charge on any atom is -0.482 e. The van der Waals surface area contributed by atoms with Gasteiger partial charge in [0.2, 0.25) is 17.7 Å². The highest BCUT2D eigenvalue weighted by molar-refractivity contribution is 5.93. The molecule has 0 aliphatic carbocycles. The lowest BCUT2D eigenvalue weighted by Crippen LogP contribution is -2.59. The number of benzene rings is 2. The lowest BCUT2D eigenvalue weighted by atomic mass is 9.99. The van der Waals surface area contributed by atoms with Gasteiger partial charge in [-0.05, 0) is 57.7 Å². The van der Waals surface area contributed by atoms with Gasteiger partial charge in [-0.1, -0.05) is 42.5 Å². The highest BCUT2D eigenvalue weighted by Gasteiger charge is 2.40. The molecule has 8 N–H and O–H groups in total. The highest BCUT2D eigenvalue weighted by Crippen LogP contribution is 2.22. The van der Waals surface area contributed by atoms with Crippen LogP contribution in [0.3, 0.4) is 0 Å². The number of para-hydroxylation sites is 2. The summed E-state index contributed by atoms with van der Waals surface area (Å²) in [6.07, 6.45) is -1.25. The second-order valence-electron chi connectivity index (χ2n) is 11.8. The van der Waals surface area contributed by atoms with Gasteiger partial charge in [-0.3, -0.25) is 24.0 Å². The Morgan fingerprint density at radius 3 is 2.32 bits per heavy atom. The molecular formula is C31H42N6O7. The van der Waals surface area contributed by atoms with Gasteiger partial charge < -0.3 is 42.2 Å². The van der Waals surface area contributed by atoms with E-state index < -0.39 is 66.4 Å². The minimum absolute atomic E-state index is 0.0415. The molecular weight excluding hydrogens is 568 g/mol. The Kier molecular flexibility index (Phi) is 11.7. The fraction of sp³-hybridized carbons (Fsp3) is 0.452. The van der Waals surface area contributed by atoms with Crippen molar-refractivity contribution < 1.29 is 33.8 Å². The Morgan fingerprint density at radius 2 is 1.68 bits per heavy atom. The maximum atomic E-state index is 13.6. The van der Waals surface area contributed by atoms with Crippen LogP contribution in [0.1, 0.15) is 45.6 Å². The molecule has 2 aromatic carbocycles. The summed E-state index contributed by atoms with van der Waals surface area (Å²) < 4.78 is 5.42. The molecule has 3 rings (SSSR count). The average molecular weight is 611 g/mol. The lowest BCUT2D eigenvalue weighted by Gasteiger charge is -2.32. The zero-order chi connectivity index (χ0) is 32.4. The summed E-state index contributed by atoms with van der Waals surface area (Å²) in [5.74, 6) is -3.22. The molecule has 1 fully saturated rings. The Balaban J connectivity index is 1.77. The van der Waals surface area contributed by atoms with Crippen LogP contribution in [0.5, 0.6) is 5.75 Å². The molecule has 1 saturated heterocycles. The molecule has 13 heteroatoms. The molecule has 5 amide bonds. The Hall–Kier alpha value is -4.65. The van der Waals surface area contributed by atoms with Gasteiger partial charge in [-0.25, -0.2) is 0 Å². The third-order valence-electron chi connectivity index (χ3n) is 6.93. The summed E-state index contributed by atoms with van der Waals surface area (Å²) >= 11 is 0. The molecule has 44 heavy (non-hydrogen) atoms. The number of nitrogens with one attached hydrogen (secondary N) is 3. The molecule has 0 radical (unpaired) electrons. The summed E-state index contributed by atoms with van der Waals surface area (Å²) in [6, 6.07) is 12.0. The van der Waals surface area contributed by atoms with Crippen LogP contribution in [-0.2, 0) is 30.4 Å². The number of nitrogens with zero attached hydrogens (tertiary/aromatic N) is 1. The number of amides is 5. The first kappa shape index (κ1) is 33.8. The van der Waals surface area contributed by atoms with E-state index in [9.17, 15) is 29.1 Å². The molecule has 0 spiro atoms. The number of ether oxygens (including phenoxy) is 1. The number of carbonyl (C=O) groups is 5. The number of aliphatic hydroxyl groups is 1. The summed E-state index contributed by atoms with van der Waals surface area (Å²) in [4.78, 5) is 65.7. The number of nitrogens with two attached hydrogens (primary N) is 2. The van der Waals surface area contributed by atoms with Crippen LogP contribution < -0.4 is 32.2 Å². The van der Waals surface area contributed by atoms with Crippen LogP contribution in [0.4, 0.5) is 5.69 Å². The molecule has 0 aromatic heterocycles. The van der Waals surface area contributed by atoms with E-state index in [1.54, 1.807) is 54.6 Å². The number of nitrogen functional groups attached to an aromatic ring is 1. The van der Waals surface area contributed by atoms with E-state index in [0.717, 1.165) is 0 Å². The quantitative estimate of drug-likeness (QED) is 0.170. The van der Waals surface area contributed by atoms with Crippen molar-refractivity contribution in [1.29, 1.82) is 0 Å². The van der Waals surface area contributed by atoms with Crippen molar-refractivity contribution in [2.75, 3.05) is 18.9 Å². The van der Waals surface area contributed by atoms with E-state index >= 15 is 0 Å². The number of hydrogen-bond acceptors (Lipinski definition) is 8. The van der Waals surface area contributed by atoms with E-state index in [0.29, 0.717) is 24.1 Å². The van der Waals surface area contributed by atoms with Crippen LogP contribution in [-0.4, -0.2) is 82.5 Å². The van der Waals surface area contributed by atoms with Crippen molar-refractivity contribution >= 4 is 35.2 Å². The SMILES string of the molecule is CC(C)(C)NC(=O)[C@@H]1CCCN1C(=O)C(O)C(Cc1ccccc1)NC(=O)[C@H](CC(N)=O)NC(=O)COc1ccccc1N. The summed E-state index contributed by atoms with van der Waals surface area (Å²) in [5, 5.41) is 19.2. The molecule has 1 heterocycles. The number of hydrogen-bond donors (Lipinski definition) is 6. The normalized spacial score (nSPS) is 16.7. The van der Waals surface area contributed by atoms with E-state index in [-0.39, 0.29) is 24.6 Å². The van der Waals surface area contributed by atoms with Gasteiger partial charge in [0.15, 0.2) is 12.7 Å². The Labute approximate surface area is 256 Å². The highest BCUT2D eigenvalue weighted by atomic mass is 16.5. The molecule has 4 atom stereocenters. The van der Waals surface area contributed by atoms with E-state index in [2.05, 4.69) is 16.0 Å². The fourth-order valence-corrected chi connectivity index (χ4v) is 4.89. The molecule has 1 aliphatic rings. The first-order valence-corrected chi connectivity index (χ1v) is 14.4. The van der Waals surface area contributed by atoms with Crippen LogP contribution in [0.25, 0.3) is 0 Å². The van der Waals surface area contributed by atoms with Crippen molar-refractivity contribution in [3.63, 3.8) is 0 Å². The smallest absolute Gasteiger partial charge is 0.258 e. The fourth-order valence-electron chi connectivity index (χ4n) is 4.89. The predicted octanol–water partition coefficient (Wildman–Crippen LogP) is 0.00190. The number of aliphatic hydroxyl groups excluding tert-OH is 1. The van der Waals surface area contributed by atoms with Crippen molar-refractivity contribution in [3.8, 4) is 5.75 Å². The third-order valence-corrected chi connectivity index (χ3v) is 6.93. The van der Waals surface area contributed by atoms with Gasteiger partial charge in [0.1, 0.15) is 17.8 Å². The van der Waals surface area contributed by atoms with Gasteiger partial charge in [-0.2, -0.15) is 0 Å². The molecule has 0 bridgehead atoms. The first-order valence-electron chi connectivity index (χ1n) is 14.4. The van der Waals surface area contributed by atoms with Gasteiger partial charge >= 0.3 is 0 Å². The average Bonchev–Trinajstić information content (AvgIpc) is 3.45. The van der Waals surface area contributed by atoms with Crippen molar-refractivity contribution in [3.05, 3.63) is 60.2 Å². The molecule has 238 valence electrons. The monoisotopic (exact) mass is 610 g/mol. The van der Waals surface area contributed by atoms with Gasteiger partial charge in [0, 0.05) is 12.1 Å². The summed E-state index contributed by atoms with van der Waals surface area (Å²) in [6.45, 7) is 5.25. The zero-order valence-corrected chi connectivity index (χ0v) is 25.2. The summed E-state index contributed by atoms with van der Waals surface area (Å²) in [5.41, 5.74) is 11.7. The second-order valence-corrected chi connectivity index (χ2v) is 11.8. The van der Waals surface area contributed by atoms with E-state index in [1.165, 1.54) is 4.90 Å². The van der Waals surface area contributed by atoms with Crippen LogP contribution in [0.2, 0.25) is 0 Å². The van der Waals surface area contributed by atoms with Crippen molar-refractivity contribution in [2.24, 2.45) is 5.73 Å². The lowest BCUT2D eigenvalue weighted by molar-refractivity contribution is -0.147. The van der Waals surface area contributed by atoms with E-state index in [4.69, 9.17) is 16.2 Å². The molecule has 2 unspecified atom stereocenters. The Morgan fingerprint density at radius 1 is 1.02 bits per heavy atom. The molecule has 1 aliphatic heterocycles. The zero-order valence-electron chi connectivity index (χ0n) is 25.2. The maximum absolute atomic E-state index is 13.6. The maximum Gasteiger partial charge on any atom is 0.258 e. The van der Waals surface area contributed by atoms with Gasteiger partial charge in [-0.15, -0.1) is 0 Å². The Bertz CT molecular complexity index is 1330. The minimum atomic E-state index is -1.74. The standard InChI is InChI=1S/C31H42N6O7/c1-31(2,3)36-29(42)23-13-9-15-37(23)30(43)27(40)21(16-19-10-5-4-6-11-19)35-28(41)22(17-25(33)38)34-26(39)18-44-24-14-8-7-12-20(24)32/h4-8,10-12,14,21-23,27,40H,9,13,15-18,32H2,1-3H3,(H2,33,38)(H,34,39)(H,35,41)(H,36,42)/t21?,22-,23-,27?/m0/s1. The van der Waals surface area contributed by atoms with Gasteiger partial charge in [0.05, 0.1) is 18.2 Å². The summed E-state index contributed by atoms with van der Waals surface area (Å²) in [7, 11) is 0. The number of rotatable bonds is 13. The third kappa shape index (κ3) is 9.97.